The third-order valence-corrected chi connectivity index (χ3v) is 6.68. The first kappa shape index (κ1) is 17.6. The van der Waals surface area contributed by atoms with E-state index in [0.717, 1.165) is 56.1 Å². The van der Waals surface area contributed by atoms with Crippen molar-refractivity contribution in [3.8, 4) is 0 Å². The Morgan fingerprint density at radius 2 is 1.92 bits per heavy atom. The fourth-order valence-corrected chi connectivity index (χ4v) is 5.12. The van der Waals surface area contributed by atoms with E-state index in [4.69, 9.17) is 0 Å². The molecule has 4 rings (SSSR count). The predicted molar refractivity (Wildman–Crippen MR) is 102 cm³/mol. The Bertz CT molecular complexity index is 704. The van der Waals surface area contributed by atoms with Crippen molar-refractivity contribution in [1.29, 1.82) is 0 Å². The molecule has 4 nitrogen and oxygen atoms in total. The lowest BCUT2D eigenvalue weighted by atomic mass is 9.64. The molecule has 0 bridgehead atoms. The van der Waals surface area contributed by atoms with Gasteiger partial charge in [0.15, 0.2) is 0 Å². The van der Waals surface area contributed by atoms with Crippen molar-refractivity contribution in [2.45, 2.75) is 88.8 Å². The molecule has 1 aliphatic heterocycles. The lowest BCUT2D eigenvalue weighted by molar-refractivity contribution is -0.128. The standard InChI is InChI=1S/C22H30N2O2/c1-3-15(2)24-21(26)18-10-6-5-9-17(18)19(20(25)23-16-11-12-16)22(24)13-7-4-8-14-22/h5-6,9-10,15-16,19H,3-4,7-8,11-14H2,1-2H3,(H,23,25)/t15-,19+/m1/s1. The molecule has 0 aromatic heterocycles. The van der Waals surface area contributed by atoms with E-state index in [-0.39, 0.29) is 29.3 Å². The molecular weight excluding hydrogens is 324 g/mol. The second-order valence-corrected chi connectivity index (χ2v) is 8.40. The van der Waals surface area contributed by atoms with Gasteiger partial charge in [0.1, 0.15) is 0 Å². The van der Waals surface area contributed by atoms with Gasteiger partial charge < -0.3 is 10.2 Å². The molecule has 1 aromatic carbocycles. The summed E-state index contributed by atoms with van der Waals surface area (Å²) in [5, 5.41) is 3.25. The van der Waals surface area contributed by atoms with Crippen LogP contribution in [0.1, 0.15) is 87.1 Å². The molecule has 140 valence electrons. The van der Waals surface area contributed by atoms with Crippen LogP contribution in [0.5, 0.6) is 0 Å². The highest BCUT2D eigenvalue weighted by molar-refractivity contribution is 6.02. The minimum Gasteiger partial charge on any atom is -0.353 e. The second kappa shape index (κ2) is 6.71. The maximum atomic E-state index is 13.5. The first-order valence-corrected chi connectivity index (χ1v) is 10.3. The van der Waals surface area contributed by atoms with Crippen molar-refractivity contribution < 1.29 is 9.59 Å². The Balaban J connectivity index is 1.86. The van der Waals surface area contributed by atoms with Crippen LogP contribution in [-0.4, -0.2) is 34.3 Å². The van der Waals surface area contributed by atoms with Crippen LogP contribution in [0.15, 0.2) is 24.3 Å². The van der Waals surface area contributed by atoms with Crippen LogP contribution in [0.2, 0.25) is 0 Å². The lowest BCUT2D eigenvalue weighted by Gasteiger charge is -2.55. The Morgan fingerprint density at radius 1 is 1.23 bits per heavy atom. The minimum atomic E-state index is -0.363. The highest BCUT2D eigenvalue weighted by Gasteiger charge is 2.55. The summed E-state index contributed by atoms with van der Waals surface area (Å²) < 4.78 is 0. The molecule has 2 fully saturated rings. The summed E-state index contributed by atoms with van der Waals surface area (Å²) in [7, 11) is 0. The number of hydrogen-bond donors (Lipinski definition) is 1. The van der Waals surface area contributed by atoms with Crippen LogP contribution < -0.4 is 5.32 Å². The number of benzene rings is 1. The number of fused-ring (bicyclic) bond motifs is 1. The van der Waals surface area contributed by atoms with E-state index in [9.17, 15) is 9.59 Å². The topological polar surface area (TPSA) is 49.4 Å². The Hall–Kier alpha value is -1.84. The van der Waals surface area contributed by atoms with Crippen molar-refractivity contribution in [3.05, 3.63) is 35.4 Å². The van der Waals surface area contributed by atoms with Gasteiger partial charge in [-0.2, -0.15) is 0 Å². The molecule has 2 amide bonds. The molecule has 1 spiro atoms. The van der Waals surface area contributed by atoms with Crippen LogP contribution in [0, 0.1) is 0 Å². The summed E-state index contributed by atoms with van der Waals surface area (Å²) in [5.41, 5.74) is 1.30. The average molecular weight is 354 g/mol. The third kappa shape index (κ3) is 2.74. The van der Waals surface area contributed by atoms with Gasteiger partial charge in [-0.15, -0.1) is 0 Å². The van der Waals surface area contributed by atoms with Crippen LogP contribution in [0.4, 0.5) is 0 Å². The molecule has 0 unspecified atom stereocenters. The highest BCUT2D eigenvalue weighted by atomic mass is 16.2. The summed E-state index contributed by atoms with van der Waals surface area (Å²) in [6.07, 6.45) is 8.32. The number of hydrogen-bond acceptors (Lipinski definition) is 2. The number of rotatable bonds is 4. The Labute approximate surface area is 156 Å². The third-order valence-electron chi connectivity index (χ3n) is 6.68. The highest BCUT2D eigenvalue weighted by Crippen LogP contribution is 2.50. The van der Waals surface area contributed by atoms with Gasteiger partial charge in [0.05, 0.1) is 11.5 Å². The molecular formula is C22H30N2O2. The SMILES string of the molecule is CC[C@@H](C)N1C(=O)c2ccccc2[C@@H](C(=O)NC2CC2)C12CCCCC2. The molecule has 26 heavy (non-hydrogen) atoms. The first-order valence-electron chi connectivity index (χ1n) is 10.3. The van der Waals surface area contributed by atoms with Gasteiger partial charge in [0.2, 0.25) is 5.91 Å². The zero-order valence-electron chi connectivity index (χ0n) is 16.0. The van der Waals surface area contributed by atoms with Gasteiger partial charge in [0.25, 0.3) is 5.91 Å². The lowest BCUT2D eigenvalue weighted by Crippen LogP contribution is -2.64. The summed E-state index contributed by atoms with van der Waals surface area (Å²) in [6, 6.07) is 8.28. The summed E-state index contributed by atoms with van der Waals surface area (Å²) in [6.45, 7) is 4.27. The molecule has 0 radical (unpaired) electrons. The Kier molecular flexibility index (Phi) is 4.54. The molecule has 3 aliphatic rings. The Morgan fingerprint density at radius 3 is 2.58 bits per heavy atom. The zero-order valence-corrected chi connectivity index (χ0v) is 16.0. The number of nitrogens with one attached hydrogen (secondary N) is 1. The van der Waals surface area contributed by atoms with E-state index in [2.05, 4.69) is 24.1 Å². The molecule has 4 heteroatoms. The maximum Gasteiger partial charge on any atom is 0.254 e. The van der Waals surface area contributed by atoms with Crippen molar-refractivity contribution in [1.82, 2.24) is 10.2 Å². The quantitative estimate of drug-likeness (QED) is 0.888. The van der Waals surface area contributed by atoms with E-state index in [1.54, 1.807) is 0 Å². The fourth-order valence-electron chi connectivity index (χ4n) is 5.12. The fraction of sp³-hybridized carbons (Fsp3) is 0.636. The van der Waals surface area contributed by atoms with E-state index in [1.165, 1.54) is 6.42 Å². The van der Waals surface area contributed by atoms with E-state index in [1.807, 2.05) is 24.3 Å². The number of nitrogens with zero attached hydrogens (tertiary/aromatic N) is 1. The molecule has 1 N–H and O–H groups in total. The number of amides is 2. The first-order chi connectivity index (χ1) is 12.6. The van der Waals surface area contributed by atoms with Crippen molar-refractivity contribution in [2.75, 3.05) is 0 Å². The molecule has 1 heterocycles. The summed E-state index contributed by atoms with van der Waals surface area (Å²) in [4.78, 5) is 29.0. The van der Waals surface area contributed by atoms with Gasteiger partial charge in [-0.05, 0) is 50.7 Å². The van der Waals surface area contributed by atoms with E-state index < -0.39 is 0 Å². The molecule has 2 aliphatic carbocycles. The summed E-state index contributed by atoms with van der Waals surface area (Å²) >= 11 is 0. The van der Waals surface area contributed by atoms with Crippen LogP contribution in [0.3, 0.4) is 0 Å². The molecule has 2 saturated carbocycles. The van der Waals surface area contributed by atoms with Crippen LogP contribution in [-0.2, 0) is 4.79 Å². The van der Waals surface area contributed by atoms with Gasteiger partial charge in [0, 0.05) is 17.6 Å². The molecule has 1 aromatic rings. The predicted octanol–water partition coefficient (Wildman–Crippen LogP) is 4.01. The average Bonchev–Trinajstić information content (AvgIpc) is 3.46. The molecule has 0 saturated heterocycles. The minimum absolute atomic E-state index is 0.118. The van der Waals surface area contributed by atoms with Crippen LogP contribution in [0.25, 0.3) is 0 Å². The second-order valence-electron chi connectivity index (χ2n) is 8.40. The monoisotopic (exact) mass is 354 g/mol. The summed E-state index contributed by atoms with van der Waals surface area (Å²) in [5.74, 6) is 0.00118. The van der Waals surface area contributed by atoms with Gasteiger partial charge in [-0.25, -0.2) is 0 Å². The van der Waals surface area contributed by atoms with Gasteiger partial charge in [-0.1, -0.05) is 44.4 Å². The van der Waals surface area contributed by atoms with Crippen LogP contribution >= 0.6 is 0 Å². The van der Waals surface area contributed by atoms with Crippen molar-refractivity contribution in [3.63, 3.8) is 0 Å². The molecule has 2 atom stereocenters. The number of carbonyl (C=O) groups is 2. The maximum absolute atomic E-state index is 13.5. The smallest absolute Gasteiger partial charge is 0.254 e. The normalized spacial score (nSPS) is 25.7. The van der Waals surface area contributed by atoms with Crippen molar-refractivity contribution >= 4 is 11.8 Å². The van der Waals surface area contributed by atoms with Gasteiger partial charge >= 0.3 is 0 Å². The zero-order chi connectivity index (χ0) is 18.3. The van der Waals surface area contributed by atoms with Gasteiger partial charge in [-0.3, -0.25) is 9.59 Å². The van der Waals surface area contributed by atoms with Crippen molar-refractivity contribution in [2.24, 2.45) is 0 Å². The largest absolute Gasteiger partial charge is 0.353 e. The van der Waals surface area contributed by atoms with E-state index >= 15 is 0 Å². The number of carbonyl (C=O) groups excluding carboxylic acids is 2. The van der Waals surface area contributed by atoms with E-state index in [0.29, 0.717) is 6.04 Å².